The molecule has 2 aliphatic heterocycles. The summed E-state index contributed by atoms with van der Waals surface area (Å²) in [4.78, 5) is 0. The summed E-state index contributed by atoms with van der Waals surface area (Å²) in [7, 11) is 0. The Hall–Kier alpha value is -0.930. The number of benzene rings is 1. The maximum absolute atomic E-state index is 13.7. The van der Waals surface area contributed by atoms with Gasteiger partial charge in [0.15, 0.2) is 0 Å². The molecule has 0 spiro atoms. The lowest BCUT2D eigenvalue weighted by Gasteiger charge is -2.34. The van der Waals surface area contributed by atoms with Gasteiger partial charge in [0.1, 0.15) is 5.82 Å². The molecule has 17 heavy (non-hydrogen) atoms. The van der Waals surface area contributed by atoms with E-state index in [2.05, 4.69) is 0 Å². The van der Waals surface area contributed by atoms with Crippen molar-refractivity contribution in [1.29, 1.82) is 0 Å². The van der Waals surface area contributed by atoms with E-state index < -0.39 is 0 Å². The van der Waals surface area contributed by atoms with Crippen LogP contribution in [-0.4, -0.2) is 18.8 Å². The van der Waals surface area contributed by atoms with Crippen molar-refractivity contribution < 1.29 is 9.13 Å². The molecule has 0 amide bonds. The summed E-state index contributed by atoms with van der Waals surface area (Å²) < 4.78 is 19.6. The lowest BCUT2D eigenvalue weighted by atomic mass is 9.70. The minimum atomic E-state index is -0.122. The summed E-state index contributed by atoms with van der Waals surface area (Å²) in [6, 6.07) is 6.99. The fourth-order valence-corrected chi connectivity index (χ4v) is 3.39. The summed E-state index contributed by atoms with van der Waals surface area (Å²) in [6.45, 7) is 0.586. The maximum Gasteiger partial charge on any atom is 0.126 e. The Kier molecular flexibility index (Phi) is 2.68. The lowest BCUT2D eigenvalue weighted by molar-refractivity contribution is 0.0633. The first kappa shape index (κ1) is 11.2. The van der Waals surface area contributed by atoms with Crippen LogP contribution in [0.2, 0.25) is 0 Å². The van der Waals surface area contributed by atoms with Crippen molar-refractivity contribution in [2.75, 3.05) is 6.54 Å². The average molecular weight is 235 g/mol. The molecular weight excluding hydrogens is 217 g/mol. The van der Waals surface area contributed by atoms with Crippen LogP contribution in [0.15, 0.2) is 24.3 Å². The van der Waals surface area contributed by atoms with Gasteiger partial charge in [-0.05, 0) is 37.3 Å². The molecule has 3 atom stereocenters. The van der Waals surface area contributed by atoms with Crippen LogP contribution in [-0.2, 0) is 11.2 Å². The molecule has 2 nitrogen and oxygen atoms in total. The maximum atomic E-state index is 13.7. The van der Waals surface area contributed by atoms with Gasteiger partial charge in [-0.25, -0.2) is 4.39 Å². The Balaban J connectivity index is 1.86. The quantitative estimate of drug-likeness (QED) is 0.872. The fraction of sp³-hybridized carbons (Fsp3) is 0.571. The topological polar surface area (TPSA) is 35.2 Å². The van der Waals surface area contributed by atoms with Crippen LogP contribution in [0, 0.1) is 11.2 Å². The molecule has 2 bridgehead atoms. The van der Waals surface area contributed by atoms with Gasteiger partial charge >= 0.3 is 0 Å². The number of nitrogens with two attached hydrogens (primary N) is 1. The van der Waals surface area contributed by atoms with Gasteiger partial charge < -0.3 is 10.5 Å². The molecule has 0 aliphatic carbocycles. The van der Waals surface area contributed by atoms with Crippen molar-refractivity contribution in [2.24, 2.45) is 11.1 Å². The summed E-state index contributed by atoms with van der Waals surface area (Å²) in [5.41, 5.74) is 6.69. The normalized spacial score (nSPS) is 35.4. The molecule has 0 radical (unpaired) electrons. The summed E-state index contributed by atoms with van der Waals surface area (Å²) in [5.74, 6) is -0.122. The van der Waals surface area contributed by atoms with Crippen molar-refractivity contribution >= 4 is 0 Å². The molecule has 92 valence electrons. The highest BCUT2D eigenvalue weighted by Crippen LogP contribution is 2.49. The van der Waals surface area contributed by atoms with Gasteiger partial charge in [-0.3, -0.25) is 0 Å². The standard InChI is InChI=1S/C14H18FNO/c15-12-4-2-1-3-10(12)7-14(9-16)8-11-5-6-13(14)17-11/h1-4,11,13H,5-9,16H2. The van der Waals surface area contributed by atoms with Gasteiger partial charge in [0, 0.05) is 12.0 Å². The van der Waals surface area contributed by atoms with Crippen LogP contribution in [0.3, 0.4) is 0 Å². The van der Waals surface area contributed by atoms with Crippen LogP contribution >= 0.6 is 0 Å². The first-order valence-corrected chi connectivity index (χ1v) is 6.32. The minimum Gasteiger partial charge on any atom is -0.374 e. The van der Waals surface area contributed by atoms with Gasteiger partial charge in [-0.1, -0.05) is 18.2 Å². The van der Waals surface area contributed by atoms with Crippen molar-refractivity contribution in [3.63, 3.8) is 0 Å². The Labute approximate surface area is 101 Å². The summed E-state index contributed by atoms with van der Waals surface area (Å²) in [5, 5.41) is 0. The van der Waals surface area contributed by atoms with Crippen LogP contribution in [0.5, 0.6) is 0 Å². The van der Waals surface area contributed by atoms with E-state index >= 15 is 0 Å². The highest BCUT2D eigenvalue weighted by atomic mass is 19.1. The zero-order valence-corrected chi connectivity index (χ0v) is 9.86. The molecule has 0 saturated carbocycles. The van der Waals surface area contributed by atoms with Crippen LogP contribution in [0.25, 0.3) is 0 Å². The van der Waals surface area contributed by atoms with E-state index in [9.17, 15) is 4.39 Å². The second kappa shape index (κ2) is 4.07. The SMILES string of the molecule is NCC1(Cc2ccccc2F)CC2CCC1O2. The third kappa shape index (κ3) is 1.78. The zero-order chi connectivity index (χ0) is 11.9. The van der Waals surface area contributed by atoms with Gasteiger partial charge in [0.05, 0.1) is 12.2 Å². The van der Waals surface area contributed by atoms with E-state index in [-0.39, 0.29) is 17.3 Å². The summed E-state index contributed by atoms with van der Waals surface area (Å²) >= 11 is 0. The predicted molar refractivity (Wildman–Crippen MR) is 64.1 cm³/mol. The van der Waals surface area contributed by atoms with E-state index in [1.807, 2.05) is 12.1 Å². The molecule has 3 unspecified atom stereocenters. The van der Waals surface area contributed by atoms with E-state index in [1.165, 1.54) is 6.07 Å². The fourth-order valence-electron chi connectivity index (χ4n) is 3.39. The van der Waals surface area contributed by atoms with Crippen LogP contribution in [0.4, 0.5) is 4.39 Å². The number of ether oxygens (including phenoxy) is 1. The molecule has 3 heteroatoms. The van der Waals surface area contributed by atoms with E-state index in [1.54, 1.807) is 6.07 Å². The Morgan fingerprint density at radius 1 is 1.35 bits per heavy atom. The Morgan fingerprint density at radius 3 is 2.76 bits per heavy atom. The number of fused-ring (bicyclic) bond motifs is 2. The minimum absolute atomic E-state index is 0.0366. The van der Waals surface area contributed by atoms with Crippen molar-refractivity contribution in [2.45, 2.75) is 37.9 Å². The van der Waals surface area contributed by atoms with E-state index in [4.69, 9.17) is 10.5 Å². The third-order valence-corrected chi connectivity index (χ3v) is 4.33. The van der Waals surface area contributed by atoms with Crippen molar-refractivity contribution in [1.82, 2.24) is 0 Å². The summed E-state index contributed by atoms with van der Waals surface area (Å²) in [6.07, 6.45) is 4.51. The molecule has 2 saturated heterocycles. The first-order valence-electron chi connectivity index (χ1n) is 6.32. The van der Waals surface area contributed by atoms with Gasteiger partial charge in [0.2, 0.25) is 0 Å². The monoisotopic (exact) mass is 235 g/mol. The Morgan fingerprint density at radius 2 is 2.18 bits per heavy atom. The first-order chi connectivity index (χ1) is 8.23. The Bertz CT molecular complexity index is 422. The zero-order valence-electron chi connectivity index (χ0n) is 9.86. The van der Waals surface area contributed by atoms with Gasteiger partial charge in [-0.15, -0.1) is 0 Å². The van der Waals surface area contributed by atoms with Gasteiger partial charge in [-0.2, -0.15) is 0 Å². The molecular formula is C14H18FNO. The number of rotatable bonds is 3. The van der Waals surface area contributed by atoms with Crippen molar-refractivity contribution in [3.8, 4) is 0 Å². The number of hydrogen-bond acceptors (Lipinski definition) is 2. The highest BCUT2D eigenvalue weighted by Gasteiger charge is 2.51. The predicted octanol–water partition coefficient (Wildman–Crippen LogP) is 2.26. The molecule has 2 heterocycles. The van der Waals surface area contributed by atoms with Crippen LogP contribution in [0.1, 0.15) is 24.8 Å². The number of halogens is 1. The molecule has 1 aromatic rings. The van der Waals surface area contributed by atoms with E-state index in [0.29, 0.717) is 19.1 Å². The smallest absolute Gasteiger partial charge is 0.126 e. The molecule has 2 N–H and O–H groups in total. The van der Waals surface area contributed by atoms with Crippen LogP contribution < -0.4 is 5.73 Å². The second-order valence-electron chi connectivity index (χ2n) is 5.36. The van der Waals surface area contributed by atoms with E-state index in [0.717, 1.165) is 24.8 Å². The molecule has 3 rings (SSSR count). The number of hydrogen-bond donors (Lipinski definition) is 1. The molecule has 0 aromatic heterocycles. The molecule has 2 aliphatic rings. The van der Waals surface area contributed by atoms with Crippen molar-refractivity contribution in [3.05, 3.63) is 35.6 Å². The van der Waals surface area contributed by atoms with Gasteiger partial charge in [0.25, 0.3) is 0 Å². The average Bonchev–Trinajstić information content (AvgIpc) is 2.93. The second-order valence-corrected chi connectivity index (χ2v) is 5.36. The highest BCUT2D eigenvalue weighted by molar-refractivity contribution is 5.21. The lowest BCUT2D eigenvalue weighted by Crippen LogP contribution is -2.41. The molecule has 2 fully saturated rings. The largest absolute Gasteiger partial charge is 0.374 e. The third-order valence-electron chi connectivity index (χ3n) is 4.33. The molecule has 1 aromatic carbocycles.